The van der Waals surface area contributed by atoms with Crippen molar-refractivity contribution in [2.24, 2.45) is 5.73 Å². The van der Waals surface area contributed by atoms with Gasteiger partial charge in [0.15, 0.2) is 9.84 Å². The van der Waals surface area contributed by atoms with E-state index in [1.165, 1.54) is 18.4 Å². The average Bonchev–Trinajstić information content (AvgIpc) is 2.92. The van der Waals surface area contributed by atoms with Crippen LogP contribution in [0.3, 0.4) is 0 Å². The number of benzene rings is 2. The van der Waals surface area contributed by atoms with Gasteiger partial charge in [0.1, 0.15) is 5.82 Å². The van der Waals surface area contributed by atoms with E-state index in [1.54, 1.807) is 18.2 Å². The summed E-state index contributed by atoms with van der Waals surface area (Å²) in [5, 5.41) is 0.896. The van der Waals surface area contributed by atoms with Crippen LogP contribution in [-0.2, 0) is 29.3 Å². The van der Waals surface area contributed by atoms with Crippen LogP contribution in [0.5, 0.6) is 0 Å². The second-order valence-electron chi connectivity index (χ2n) is 6.58. The third kappa shape index (κ3) is 3.66. The van der Waals surface area contributed by atoms with Crippen LogP contribution in [0.2, 0.25) is 0 Å². The molecular formula is C20H23FN2O2S. The Bertz CT molecular complexity index is 1060. The van der Waals surface area contributed by atoms with Gasteiger partial charge in [-0.25, -0.2) is 12.8 Å². The summed E-state index contributed by atoms with van der Waals surface area (Å²) in [7, 11) is -3.25. The van der Waals surface area contributed by atoms with E-state index >= 15 is 0 Å². The molecule has 26 heavy (non-hydrogen) atoms. The third-order valence-corrected chi connectivity index (χ3v) is 5.72. The standard InChI is InChI=1S/C20H23FN2O2S/c1-3-4-18-10-15-11-19(26(2,24)25)7-8-20(15)23(18)13-14-5-6-17(21)9-16(14)12-22/h5-11H,3-4,12-13,22H2,1-2H3. The predicted molar refractivity (Wildman–Crippen MR) is 102 cm³/mol. The van der Waals surface area contributed by atoms with Gasteiger partial charge in [0.2, 0.25) is 0 Å². The Morgan fingerprint density at radius 3 is 2.50 bits per heavy atom. The quantitative estimate of drug-likeness (QED) is 0.716. The van der Waals surface area contributed by atoms with Gasteiger partial charge >= 0.3 is 0 Å². The lowest BCUT2D eigenvalue weighted by Gasteiger charge is -2.14. The summed E-state index contributed by atoms with van der Waals surface area (Å²) in [6.07, 6.45) is 3.06. The summed E-state index contributed by atoms with van der Waals surface area (Å²) < 4.78 is 39.4. The van der Waals surface area contributed by atoms with Gasteiger partial charge in [-0.1, -0.05) is 19.4 Å². The van der Waals surface area contributed by atoms with Crippen molar-refractivity contribution >= 4 is 20.7 Å². The lowest BCUT2D eigenvalue weighted by atomic mass is 10.1. The van der Waals surface area contributed by atoms with Crippen molar-refractivity contribution in [3.8, 4) is 0 Å². The molecule has 138 valence electrons. The summed E-state index contributed by atoms with van der Waals surface area (Å²) in [5.41, 5.74) is 9.62. The number of rotatable bonds is 6. The molecule has 3 rings (SSSR count). The highest BCUT2D eigenvalue weighted by atomic mass is 32.2. The molecule has 0 unspecified atom stereocenters. The Hall–Kier alpha value is -2.18. The van der Waals surface area contributed by atoms with Crippen molar-refractivity contribution in [3.63, 3.8) is 0 Å². The first-order valence-electron chi connectivity index (χ1n) is 8.63. The number of fused-ring (bicyclic) bond motifs is 1. The molecule has 0 atom stereocenters. The van der Waals surface area contributed by atoms with Crippen LogP contribution >= 0.6 is 0 Å². The molecule has 0 aliphatic carbocycles. The second kappa shape index (κ2) is 7.21. The minimum atomic E-state index is -3.25. The summed E-state index contributed by atoms with van der Waals surface area (Å²) >= 11 is 0. The average molecular weight is 374 g/mol. The molecule has 0 radical (unpaired) electrons. The van der Waals surface area contributed by atoms with Crippen LogP contribution < -0.4 is 5.73 Å². The van der Waals surface area contributed by atoms with E-state index in [0.717, 1.165) is 40.6 Å². The molecule has 4 nitrogen and oxygen atoms in total. The lowest BCUT2D eigenvalue weighted by Crippen LogP contribution is -2.09. The van der Waals surface area contributed by atoms with Gasteiger partial charge in [0.25, 0.3) is 0 Å². The van der Waals surface area contributed by atoms with Crippen LogP contribution in [0.1, 0.15) is 30.2 Å². The molecule has 6 heteroatoms. The van der Waals surface area contributed by atoms with Gasteiger partial charge in [-0.2, -0.15) is 0 Å². The number of aryl methyl sites for hydroxylation is 1. The van der Waals surface area contributed by atoms with Crippen molar-refractivity contribution < 1.29 is 12.8 Å². The molecule has 1 heterocycles. The fourth-order valence-electron chi connectivity index (χ4n) is 3.30. The van der Waals surface area contributed by atoms with E-state index in [1.807, 2.05) is 12.1 Å². The summed E-state index contributed by atoms with van der Waals surface area (Å²) in [6.45, 7) is 2.95. The molecule has 2 N–H and O–H groups in total. The largest absolute Gasteiger partial charge is 0.340 e. The Morgan fingerprint density at radius 2 is 1.85 bits per heavy atom. The predicted octanol–water partition coefficient (Wildman–Crippen LogP) is 3.64. The zero-order valence-electron chi connectivity index (χ0n) is 15.0. The van der Waals surface area contributed by atoms with Crippen molar-refractivity contribution in [1.82, 2.24) is 4.57 Å². The van der Waals surface area contributed by atoms with Crippen LogP contribution in [0.25, 0.3) is 10.9 Å². The van der Waals surface area contributed by atoms with E-state index in [-0.39, 0.29) is 12.4 Å². The monoisotopic (exact) mass is 374 g/mol. The van der Waals surface area contributed by atoms with Gasteiger partial charge in [0.05, 0.1) is 4.90 Å². The van der Waals surface area contributed by atoms with Crippen molar-refractivity contribution in [3.05, 3.63) is 65.1 Å². The maximum absolute atomic E-state index is 13.5. The molecule has 0 saturated heterocycles. The van der Waals surface area contributed by atoms with E-state index < -0.39 is 9.84 Å². The molecule has 0 aliphatic heterocycles. The first kappa shape index (κ1) is 18.6. The topological polar surface area (TPSA) is 65.1 Å². The summed E-state index contributed by atoms with van der Waals surface area (Å²) in [6, 6.07) is 11.9. The van der Waals surface area contributed by atoms with E-state index in [2.05, 4.69) is 11.5 Å². The number of nitrogens with zero attached hydrogens (tertiary/aromatic N) is 1. The molecule has 0 aliphatic rings. The fraction of sp³-hybridized carbons (Fsp3) is 0.300. The maximum Gasteiger partial charge on any atom is 0.175 e. The molecule has 0 amide bonds. The first-order valence-corrected chi connectivity index (χ1v) is 10.5. The molecule has 3 aromatic rings. The van der Waals surface area contributed by atoms with Crippen LogP contribution in [0.4, 0.5) is 4.39 Å². The molecule has 1 aromatic heterocycles. The minimum absolute atomic E-state index is 0.271. The Labute approximate surface area is 153 Å². The zero-order chi connectivity index (χ0) is 18.9. The van der Waals surface area contributed by atoms with Gasteiger partial charge in [-0.05, 0) is 53.9 Å². The lowest BCUT2D eigenvalue weighted by molar-refractivity contribution is 0.602. The number of halogens is 1. The highest BCUT2D eigenvalue weighted by molar-refractivity contribution is 7.90. The number of sulfone groups is 1. The maximum atomic E-state index is 13.5. The second-order valence-corrected chi connectivity index (χ2v) is 8.60. The molecule has 0 spiro atoms. The van der Waals surface area contributed by atoms with Gasteiger partial charge < -0.3 is 10.3 Å². The highest BCUT2D eigenvalue weighted by Crippen LogP contribution is 2.26. The molecule has 0 bridgehead atoms. The molecular weight excluding hydrogens is 351 g/mol. The van der Waals surface area contributed by atoms with Gasteiger partial charge in [0, 0.05) is 35.9 Å². The van der Waals surface area contributed by atoms with E-state index in [4.69, 9.17) is 5.73 Å². The van der Waals surface area contributed by atoms with Gasteiger partial charge in [-0.15, -0.1) is 0 Å². The Kier molecular flexibility index (Phi) is 5.16. The minimum Gasteiger partial charge on any atom is -0.340 e. The summed E-state index contributed by atoms with van der Waals surface area (Å²) in [4.78, 5) is 0.314. The number of nitrogens with two attached hydrogens (primary N) is 1. The number of hydrogen-bond acceptors (Lipinski definition) is 3. The number of aromatic nitrogens is 1. The van der Waals surface area contributed by atoms with Crippen LogP contribution in [-0.4, -0.2) is 19.2 Å². The molecule has 0 saturated carbocycles. The van der Waals surface area contributed by atoms with Crippen molar-refractivity contribution in [2.75, 3.05) is 6.26 Å². The van der Waals surface area contributed by atoms with E-state index in [0.29, 0.717) is 11.4 Å². The summed E-state index contributed by atoms with van der Waals surface area (Å²) in [5.74, 6) is -0.293. The highest BCUT2D eigenvalue weighted by Gasteiger charge is 2.14. The zero-order valence-corrected chi connectivity index (χ0v) is 15.8. The third-order valence-electron chi connectivity index (χ3n) is 4.61. The fourth-order valence-corrected chi connectivity index (χ4v) is 3.95. The first-order chi connectivity index (χ1) is 12.3. The van der Waals surface area contributed by atoms with Crippen molar-refractivity contribution in [2.45, 2.75) is 37.8 Å². The molecule has 2 aromatic carbocycles. The van der Waals surface area contributed by atoms with Crippen LogP contribution in [0, 0.1) is 5.82 Å². The smallest absolute Gasteiger partial charge is 0.175 e. The van der Waals surface area contributed by atoms with E-state index in [9.17, 15) is 12.8 Å². The van der Waals surface area contributed by atoms with Gasteiger partial charge in [-0.3, -0.25) is 0 Å². The Morgan fingerprint density at radius 1 is 1.08 bits per heavy atom. The number of hydrogen-bond donors (Lipinski definition) is 1. The molecule has 0 fully saturated rings. The SMILES string of the molecule is CCCc1cc2cc(S(C)(=O)=O)ccc2n1Cc1ccc(F)cc1CN. The normalized spacial score (nSPS) is 12.0. The Balaban J connectivity index is 2.13. The van der Waals surface area contributed by atoms with Crippen molar-refractivity contribution in [1.29, 1.82) is 0 Å². The van der Waals surface area contributed by atoms with Crippen LogP contribution in [0.15, 0.2) is 47.4 Å².